The molecule has 4 nitrogen and oxygen atoms in total. The first kappa shape index (κ1) is 14.4. The Balaban J connectivity index is 2.42. The molecule has 0 spiro atoms. The monoisotopic (exact) mass is 251 g/mol. The van der Waals surface area contributed by atoms with E-state index in [1.807, 2.05) is 20.8 Å². The van der Waals surface area contributed by atoms with Crippen molar-refractivity contribution in [3.63, 3.8) is 0 Å². The predicted molar refractivity (Wildman–Crippen MR) is 71.0 cm³/mol. The summed E-state index contributed by atoms with van der Waals surface area (Å²) in [5.41, 5.74) is -0.194. The number of benzene rings is 1. The van der Waals surface area contributed by atoms with Crippen LogP contribution in [0.15, 0.2) is 24.3 Å². The Hall–Kier alpha value is -1.71. The Kier molecular flexibility index (Phi) is 5.01. The Morgan fingerprint density at radius 2 is 1.78 bits per heavy atom. The molecule has 0 saturated carbocycles. The van der Waals surface area contributed by atoms with Gasteiger partial charge in [-0.2, -0.15) is 0 Å². The molecule has 0 aliphatic rings. The zero-order chi connectivity index (χ0) is 13.6. The van der Waals surface area contributed by atoms with Gasteiger partial charge in [0.15, 0.2) is 6.61 Å². The highest BCUT2D eigenvalue weighted by Crippen LogP contribution is 2.16. The molecule has 0 unspecified atom stereocenters. The summed E-state index contributed by atoms with van der Waals surface area (Å²) < 4.78 is 10.4. The number of carbonyl (C=O) groups excluding carboxylic acids is 1. The second-order valence-electron chi connectivity index (χ2n) is 4.75. The zero-order valence-electron chi connectivity index (χ0n) is 11.4. The molecule has 0 fully saturated rings. The summed E-state index contributed by atoms with van der Waals surface area (Å²) in [6.45, 7) is 6.02. The number of hydrogen-bond donors (Lipinski definition) is 1. The molecule has 100 valence electrons. The van der Waals surface area contributed by atoms with Gasteiger partial charge < -0.3 is 14.8 Å². The molecule has 1 rings (SSSR count). The maximum Gasteiger partial charge on any atom is 0.258 e. The van der Waals surface area contributed by atoms with Gasteiger partial charge in [-0.15, -0.1) is 0 Å². The van der Waals surface area contributed by atoms with E-state index in [1.165, 1.54) is 0 Å². The molecule has 1 aromatic carbocycles. The molecule has 0 aliphatic heterocycles. The molecule has 1 amide bonds. The van der Waals surface area contributed by atoms with Crippen molar-refractivity contribution in [3.8, 4) is 11.5 Å². The minimum Gasteiger partial charge on any atom is -0.497 e. The standard InChI is InChI=1S/C14H21NO3/c1-5-14(2,3)15-13(16)10-18-12-8-6-11(17-4)7-9-12/h6-9H,5,10H2,1-4H3,(H,15,16). The molecule has 0 aromatic heterocycles. The molecular formula is C14H21NO3. The number of hydrogen-bond acceptors (Lipinski definition) is 3. The van der Waals surface area contributed by atoms with Crippen molar-refractivity contribution in [1.29, 1.82) is 0 Å². The van der Waals surface area contributed by atoms with Crippen LogP contribution in [-0.2, 0) is 4.79 Å². The van der Waals surface area contributed by atoms with Gasteiger partial charge in [0.05, 0.1) is 7.11 Å². The van der Waals surface area contributed by atoms with Gasteiger partial charge in [-0.25, -0.2) is 0 Å². The highest BCUT2D eigenvalue weighted by molar-refractivity contribution is 5.78. The van der Waals surface area contributed by atoms with E-state index < -0.39 is 0 Å². The van der Waals surface area contributed by atoms with Gasteiger partial charge in [-0.3, -0.25) is 4.79 Å². The van der Waals surface area contributed by atoms with Crippen LogP contribution >= 0.6 is 0 Å². The highest BCUT2D eigenvalue weighted by Gasteiger charge is 2.17. The van der Waals surface area contributed by atoms with Crippen LogP contribution in [0.3, 0.4) is 0 Å². The molecule has 18 heavy (non-hydrogen) atoms. The van der Waals surface area contributed by atoms with E-state index in [9.17, 15) is 4.79 Å². The predicted octanol–water partition coefficient (Wildman–Crippen LogP) is 2.38. The number of nitrogens with one attached hydrogen (secondary N) is 1. The second-order valence-corrected chi connectivity index (χ2v) is 4.75. The number of carbonyl (C=O) groups is 1. The van der Waals surface area contributed by atoms with Gasteiger partial charge in [0, 0.05) is 5.54 Å². The summed E-state index contributed by atoms with van der Waals surface area (Å²) in [4.78, 5) is 11.7. The Morgan fingerprint density at radius 3 is 2.28 bits per heavy atom. The molecule has 0 radical (unpaired) electrons. The lowest BCUT2D eigenvalue weighted by Gasteiger charge is -2.24. The molecule has 0 aliphatic carbocycles. The maximum atomic E-state index is 11.7. The lowest BCUT2D eigenvalue weighted by atomic mass is 10.0. The Morgan fingerprint density at radius 1 is 1.22 bits per heavy atom. The van der Waals surface area contributed by atoms with Crippen molar-refractivity contribution in [2.75, 3.05) is 13.7 Å². The fraction of sp³-hybridized carbons (Fsp3) is 0.500. The largest absolute Gasteiger partial charge is 0.497 e. The number of ether oxygens (including phenoxy) is 2. The SMILES string of the molecule is CCC(C)(C)NC(=O)COc1ccc(OC)cc1. The normalized spacial score (nSPS) is 10.9. The third-order valence-electron chi connectivity index (χ3n) is 2.79. The highest BCUT2D eigenvalue weighted by atomic mass is 16.5. The molecule has 0 bridgehead atoms. The van der Waals surface area contributed by atoms with Crippen molar-refractivity contribution in [2.24, 2.45) is 0 Å². The van der Waals surface area contributed by atoms with Crippen LogP contribution in [0.2, 0.25) is 0 Å². The molecule has 1 aromatic rings. The molecule has 0 heterocycles. The lowest BCUT2D eigenvalue weighted by Crippen LogP contribution is -2.44. The molecule has 0 atom stereocenters. The number of rotatable bonds is 6. The van der Waals surface area contributed by atoms with E-state index in [1.54, 1.807) is 31.4 Å². The minimum atomic E-state index is -0.194. The van der Waals surface area contributed by atoms with Crippen molar-refractivity contribution in [3.05, 3.63) is 24.3 Å². The van der Waals surface area contributed by atoms with Crippen molar-refractivity contribution < 1.29 is 14.3 Å². The van der Waals surface area contributed by atoms with Crippen LogP contribution in [0.4, 0.5) is 0 Å². The van der Waals surface area contributed by atoms with E-state index in [0.717, 1.165) is 12.2 Å². The third kappa shape index (κ3) is 4.65. The van der Waals surface area contributed by atoms with Gasteiger partial charge >= 0.3 is 0 Å². The summed E-state index contributed by atoms with van der Waals surface area (Å²) in [5, 5.41) is 2.91. The van der Waals surface area contributed by atoms with Crippen LogP contribution in [-0.4, -0.2) is 25.2 Å². The quantitative estimate of drug-likeness (QED) is 0.844. The minimum absolute atomic E-state index is 0.0236. The molecule has 1 N–H and O–H groups in total. The average molecular weight is 251 g/mol. The smallest absolute Gasteiger partial charge is 0.258 e. The van der Waals surface area contributed by atoms with E-state index in [4.69, 9.17) is 9.47 Å². The molecular weight excluding hydrogens is 230 g/mol. The summed E-state index contributed by atoms with van der Waals surface area (Å²) in [7, 11) is 1.61. The Bertz CT molecular complexity index is 385. The van der Waals surface area contributed by atoms with Crippen molar-refractivity contribution in [2.45, 2.75) is 32.7 Å². The molecule has 0 saturated heterocycles. The van der Waals surface area contributed by atoms with Crippen molar-refractivity contribution >= 4 is 5.91 Å². The van der Waals surface area contributed by atoms with Gasteiger partial charge in [0.1, 0.15) is 11.5 Å². The van der Waals surface area contributed by atoms with Crippen LogP contribution in [0.1, 0.15) is 27.2 Å². The van der Waals surface area contributed by atoms with Crippen LogP contribution in [0.25, 0.3) is 0 Å². The first-order valence-electron chi connectivity index (χ1n) is 6.04. The zero-order valence-corrected chi connectivity index (χ0v) is 11.4. The first-order chi connectivity index (χ1) is 8.46. The number of methoxy groups -OCH3 is 1. The van der Waals surface area contributed by atoms with E-state index in [-0.39, 0.29) is 18.1 Å². The van der Waals surface area contributed by atoms with Gasteiger partial charge in [0.2, 0.25) is 0 Å². The van der Waals surface area contributed by atoms with Crippen molar-refractivity contribution in [1.82, 2.24) is 5.32 Å². The summed E-state index contributed by atoms with van der Waals surface area (Å²) >= 11 is 0. The number of amides is 1. The first-order valence-corrected chi connectivity index (χ1v) is 6.04. The van der Waals surface area contributed by atoms with E-state index >= 15 is 0 Å². The lowest BCUT2D eigenvalue weighted by molar-refractivity contribution is -0.124. The average Bonchev–Trinajstić information content (AvgIpc) is 2.36. The van der Waals surface area contributed by atoms with Gasteiger partial charge in [0.25, 0.3) is 5.91 Å². The summed E-state index contributed by atoms with van der Waals surface area (Å²) in [6.07, 6.45) is 0.876. The van der Waals surface area contributed by atoms with Crippen LogP contribution in [0, 0.1) is 0 Å². The van der Waals surface area contributed by atoms with Crippen LogP contribution in [0.5, 0.6) is 11.5 Å². The Labute approximate surface area is 108 Å². The second kappa shape index (κ2) is 6.28. The van der Waals surface area contributed by atoms with E-state index in [2.05, 4.69) is 5.32 Å². The van der Waals surface area contributed by atoms with Crippen LogP contribution < -0.4 is 14.8 Å². The van der Waals surface area contributed by atoms with E-state index in [0.29, 0.717) is 5.75 Å². The topological polar surface area (TPSA) is 47.6 Å². The fourth-order valence-corrected chi connectivity index (χ4v) is 1.32. The fourth-order valence-electron chi connectivity index (χ4n) is 1.32. The van der Waals surface area contributed by atoms with Gasteiger partial charge in [-0.05, 0) is 44.5 Å². The summed E-state index contributed by atoms with van der Waals surface area (Å²) in [5.74, 6) is 1.30. The maximum absolute atomic E-state index is 11.7. The third-order valence-corrected chi connectivity index (χ3v) is 2.79. The molecule has 4 heteroatoms. The van der Waals surface area contributed by atoms with Gasteiger partial charge in [-0.1, -0.05) is 6.92 Å². The summed E-state index contributed by atoms with van der Waals surface area (Å²) in [6, 6.07) is 7.14.